The SMILES string of the molecule is CCc1ccc(NC(=O)Cn2nc3c(cc2=O)C[C@@H](C)CC3)cc1. The fraction of sp³-hybridized carbons (Fsp3) is 0.421. The molecule has 0 saturated carbocycles. The van der Waals surface area contributed by atoms with Crippen molar-refractivity contribution < 1.29 is 4.79 Å². The Hall–Kier alpha value is -2.43. The van der Waals surface area contributed by atoms with Crippen LogP contribution >= 0.6 is 0 Å². The molecule has 1 heterocycles. The van der Waals surface area contributed by atoms with Crippen molar-refractivity contribution in [2.24, 2.45) is 5.92 Å². The maximum atomic E-state index is 12.2. The van der Waals surface area contributed by atoms with Gasteiger partial charge in [0.15, 0.2) is 0 Å². The highest BCUT2D eigenvalue weighted by atomic mass is 16.2. The normalized spacial score (nSPS) is 16.5. The fourth-order valence-corrected chi connectivity index (χ4v) is 3.09. The number of carbonyl (C=O) groups is 1. The smallest absolute Gasteiger partial charge is 0.267 e. The first kappa shape index (κ1) is 16.4. The minimum atomic E-state index is -0.238. The monoisotopic (exact) mass is 325 g/mol. The molecule has 1 aliphatic carbocycles. The average molecular weight is 325 g/mol. The van der Waals surface area contributed by atoms with Crippen LogP contribution in [0.3, 0.4) is 0 Å². The van der Waals surface area contributed by atoms with E-state index in [2.05, 4.69) is 24.3 Å². The summed E-state index contributed by atoms with van der Waals surface area (Å²) in [7, 11) is 0. The van der Waals surface area contributed by atoms with E-state index in [4.69, 9.17) is 0 Å². The zero-order chi connectivity index (χ0) is 17.1. The number of fused-ring (bicyclic) bond motifs is 1. The summed E-state index contributed by atoms with van der Waals surface area (Å²) in [5.41, 5.74) is 3.73. The number of nitrogens with one attached hydrogen (secondary N) is 1. The molecule has 0 radical (unpaired) electrons. The van der Waals surface area contributed by atoms with Gasteiger partial charge in [-0.15, -0.1) is 0 Å². The zero-order valence-electron chi connectivity index (χ0n) is 14.2. The van der Waals surface area contributed by atoms with Crippen molar-refractivity contribution in [3.05, 3.63) is 57.5 Å². The third-order valence-electron chi connectivity index (χ3n) is 4.55. The Bertz CT molecular complexity index is 793. The van der Waals surface area contributed by atoms with E-state index in [1.807, 2.05) is 24.3 Å². The molecule has 2 aromatic rings. The number of benzene rings is 1. The summed E-state index contributed by atoms with van der Waals surface area (Å²) in [5.74, 6) is 0.349. The zero-order valence-corrected chi connectivity index (χ0v) is 14.2. The number of carbonyl (C=O) groups excluding carboxylic acids is 1. The van der Waals surface area contributed by atoms with Gasteiger partial charge >= 0.3 is 0 Å². The van der Waals surface area contributed by atoms with E-state index in [0.29, 0.717) is 5.92 Å². The second kappa shape index (κ2) is 6.99. The van der Waals surface area contributed by atoms with Gasteiger partial charge < -0.3 is 5.32 Å². The van der Waals surface area contributed by atoms with E-state index in [1.54, 1.807) is 6.07 Å². The maximum absolute atomic E-state index is 12.2. The highest BCUT2D eigenvalue weighted by Gasteiger charge is 2.18. The number of rotatable bonds is 4. The maximum Gasteiger partial charge on any atom is 0.267 e. The molecule has 0 saturated heterocycles. The van der Waals surface area contributed by atoms with Gasteiger partial charge in [-0.1, -0.05) is 26.0 Å². The molecule has 1 N–H and O–H groups in total. The van der Waals surface area contributed by atoms with Crippen molar-refractivity contribution in [1.82, 2.24) is 9.78 Å². The van der Waals surface area contributed by atoms with Crippen LogP contribution in [-0.2, 0) is 30.6 Å². The van der Waals surface area contributed by atoms with Gasteiger partial charge in [-0.2, -0.15) is 5.10 Å². The van der Waals surface area contributed by atoms with Gasteiger partial charge in [-0.25, -0.2) is 4.68 Å². The van der Waals surface area contributed by atoms with Crippen molar-refractivity contribution in [3.8, 4) is 0 Å². The fourth-order valence-electron chi connectivity index (χ4n) is 3.09. The lowest BCUT2D eigenvalue weighted by Crippen LogP contribution is -2.32. The van der Waals surface area contributed by atoms with Crippen molar-refractivity contribution in [1.29, 1.82) is 0 Å². The standard InChI is InChI=1S/C19H23N3O2/c1-3-14-5-7-16(8-6-14)20-18(23)12-22-19(24)11-15-10-13(2)4-9-17(15)21-22/h5-8,11,13H,3-4,9-10,12H2,1-2H3,(H,20,23)/t13-/m0/s1. The molecule has 5 heteroatoms. The third kappa shape index (κ3) is 3.72. The van der Waals surface area contributed by atoms with Crippen LogP contribution in [0, 0.1) is 5.92 Å². The van der Waals surface area contributed by atoms with Crippen molar-refractivity contribution in [3.63, 3.8) is 0 Å². The summed E-state index contributed by atoms with van der Waals surface area (Å²) in [5, 5.41) is 7.22. The number of nitrogens with zero attached hydrogens (tertiary/aromatic N) is 2. The summed E-state index contributed by atoms with van der Waals surface area (Å²) < 4.78 is 1.27. The van der Waals surface area contributed by atoms with Gasteiger partial charge in [0.25, 0.3) is 5.56 Å². The largest absolute Gasteiger partial charge is 0.324 e. The predicted octanol–water partition coefficient (Wildman–Crippen LogP) is 2.57. The lowest BCUT2D eigenvalue weighted by Gasteiger charge is -2.20. The van der Waals surface area contributed by atoms with Crippen molar-refractivity contribution >= 4 is 11.6 Å². The highest BCUT2D eigenvalue weighted by molar-refractivity contribution is 5.90. The molecule has 0 unspecified atom stereocenters. The molecule has 0 aliphatic heterocycles. The minimum Gasteiger partial charge on any atom is -0.324 e. The van der Waals surface area contributed by atoms with E-state index < -0.39 is 0 Å². The Morgan fingerprint density at radius 3 is 2.79 bits per heavy atom. The lowest BCUT2D eigenvalue weighted by atomic mass is 9.88. The number of aromatic nitrogens is 2. The summed E-state index contributed by atoms with van der Waals surface area (Å²) in [6.45, 7) is 4.21. The van der Waals surface area contributed by atoms with Gasteiger partial charge in [0.1, 0.15) is 6.54 Å². The van der Waals surface area contributed by atoms with E-state index in [-0.39, 0.29) is 18.0 Å². The van der Waals surface area contributed by atoms with Crippen LogP contribution in [0.25, 0.3) is 0 Å². The van der Waals surface area contributed by atoms with Gasteiger partial charge in [-0.05, 0) is 54.9 Å². The molecule has 1 aromatic heterocycles. The quantitative estimate of drug-likeness (QED) is 0.939. The number of aryl methyl sites for hydroxylation is 2. The van der Waals surface area contributed by atoms with E-state index >= 15 is 0 Å². The molecule has 1 atom stereocenters. The Labute approximate surface area is 141 Å². The molecule has 1 amide bonds. The van der Waals surface area contributed by atoms with Crippen LogP contribution in [0.4, 0.5) is 5.69 Å². The Balaban J connectivity index is 1.71. The first-order valence-corrected chi connectivity index (χ1v) is 8.54. The van der Waals surface area contributed by atoms with Crippen molar-refractivity contribution in [2.75, 3.05) is 5.32 Å². The number of hydrogen-bond acceptors (Lipinski definition) is 3. The van der Waals surface area contributed by atoms with E-state index in [1.165, 1.54) is 10.2 Å². The van der Waals surface area contributed by atoms with E-state index in [0.717, 1.165) is 42.6 Å². The minimum absolute atomic E-state index is 0.0583. The summed E-state index contributed by atoms with van der Waals surface area (Å²) in [6, 6.07) is 9.36. The number of hydrogen-bond donors (Lipinski definition) is 1. The lowest BCUT2D eigenvalue weighted by molar-refractivity contribution is -0.117. The van der Waals surface area contributed by atoms with Gasteiger partial charge in [0.2, 0.25) is 5.91 Å². The molecular weight excluding hydrogens is 302 g/mol. The van der Waals surface area contributed by atoms with Crippen LogP contribution < -0.4 is 10.9 Å². The van der Waals surface area contributed by atoms with Crippen molar-refractivity contribution in [2.45, 2.75) is 46.1 Å². The molecule has 3 rings (SSSR count). The molecule has 126 valence electrons. The Kier molecular flexibility index (Phi) is 4.79. The molecule has 24 heavy (non-hydrogen) atoms. The van der Waals surface area contributed by atoms with Crippen LogP contribution in [0.5, 0.6) is 0 Å². The summed E-state index contributed by atoms with van der Waals surface area (Å²) >= 11 is 0. The topological polar surface area (TPSA) is 64.0 Å². The summed E-state index contributed by atoms with van der Waals surface area (Å²) in [6.07, 6.45) is 3.81. The molecule has 0 fully saturated rings. The predicted molar refractivity (Wildman–Crippen MR) is 94.1 cm³/mol. The first-order valence-electron chi connectivity index (χ1n) is 8.54. The van der Waals surface area contributed by atoms with Crippen LogP contribution in [0.2, 0.25) is 0 Å². The van der Waals surface area contributed by atoms with Crippen LogP contribution in [0.1, 0.15) is 37.1 Å². The highest BCUT2D eigenvalue weighted by Crippen LogP contribution is 2.22. The molecular formula is C19H23N3O2. The second-order valence-corrected chi connectivity index (χ2v) is 6.56. The van der Waals surface area contributed by atoms with Crippen LogP contribution in [-0.4, -0.2) is 15.7 Å². The van der Waals surface area contributed by atoms with Gasteiger partial charge in [0.05, 0.1) is 5.69 Å². The Morgan fingerprint density at radius 2 is 2.08 bits per heavy atom. The van der Waals surface area contributed by atoms with Gasteiger partial charge in [-0.3, -0.25) is 9.59 Å². The van der Waals surface area contributed by atoms with Crippen LogP contribution in [0.15, 0.2) is 35.1 Å². The Morgan fingerprint density at radius 1 is 1.33 bits per heavy atom. The molecule has 0 bridgehead atoms. The average Bonchev–Trinajstić information content (AvgIpc) is 2.56. The summed E-state index contributed by atoms with van der Waals surface area (Å²) in [4.78, 5) is 24.4. The van der Waals surface area contributed by atoms with Gasteiger partial charge in [0, 0.05) is 11.8 Å². The number of amides is 1. The molecule has 1 aromatic carbocycles. The third-order valence-corrected chi connectivity index (χ3v) is 4.55. The second-order valence-electron chi connectivity index (χ2n) is 6.56. The first-order chi connectivity index (χ1) is 11.5. The van der Waals surface area contributed by atoms with E-state index in [9.17, 15) is 9.59 Å². The molecule has 1 aliphatic rings. The molecule has 0 spiro atoms. The number of anilines is 1. The molecule has 5 nitrogen and oxygen atoms in total.